The Kier molecular flexibility index (Phi) is 6.15. The normalized spacial score (nSPS) is 10.4. The van der Waals surface area contributed by atoms with E-state index in [1.54, 1.807) is 24.3 Å². The Labute approximate surface area is 151 Å². The number of carbonyl (C=O) groups is 2. The van der Waals surface area contributed by atoms with Crippen LogP contribution in [0.3, 0.4) is 0 Å². The summed E-state index contributed by atoms with van der Waals surface area (Å²) in [6.45, 7) is 4.94. The number of nitrogens with one attached hydrogen (secondary N) is 1. The predicted octanol–water partition coefficient (Wildman–Crippen LogP) is 4.08. The first-order chi connectivity index (χ1) is 11.8. The number of rotatable bonds is 5. The van der Waals surface area contributed by atoms with Gasteiger partial charge >= 0.3 is 0 Å². The van der Waals surface area contributed by atoms with Gasteiger partial charge in [-0.05, 0) is 37.1 Å². The van der Waals surface area contributed by atoms with Gasteiger partial charge in [0, 0.05) is 19.0 Å². The van der Waals surface area contributed by atoms with Gasteiger partial charge < -0.3 is 10.2 Å². The van der Waals surface area contributed by atoms with E-state index < -0.39 is 5.82 Å². The fourth-order valence-corrected chi connectivity index (χ4v) is 2.91. The lowest BCUT2D eigenvalue weighted by Crippen LogP contribution is -2.36. The molecular weight excluding hydrogens is 343 g/mol. The Bertz CT molecular complexity index is 785. The molecular formula is C19H20ClFN2O2. The molecule has 1 N–H and O–H groups in total. The highest BCUT2D eigenvalue weighted by Gasteiger charge is 2.17. The molecule has 0 radical (unpaired) electrons. The van der Waals surface area contributed by atoms with Crippen molar-refractivity contribution in [3.05, 3.63) is 63.9 Å². The quantitative estimate of drug-likeness (QED) is 0.871. The van der Waals surface area contributed by atoms with Crippen LogP contribution >= 0.6 is 11.6 Å². The zero-order chi connectivity index (χ0) is 18.6. The van der Waals surface area contributed by atoms with E-state index in [9.17, 15) is 14.0 Å². The average molecular weight is 363 g/mol. The van der Waals surface area contributed by atoms with E-state index in [-0.39, 0.29) is 24.9 Å². The van der Waals surface area contributed by atoms with Crippen LogP contribution in [0.15, 0.2) is 36.4 Å². The predicted molar refractivity (Wildman–Crippen MR) is 97.0 cm³/mol. The SMILES string of the molecule is CC(=O)N(CC(=O)Nc1c(C)cc(C)cc1Cl)Cc1ccccc1F. The maximum Gasteiger partial charge on any atom is 0.244 e. The molecule has 4 nitrogen and oxygen atoms in total. The third-order valence-corrected chi connectivity index (χ3v) is 4.09. The van der Waals surface area contributed by atoms with Crippen molar-refractivity contribution in [2.75, 3.05) is 11.9 Å². The molecule has 25 heavy (non-hydrogen) atoms. The molecule has 2 aromatic carbocycles. The Morgan fingerprint density at radius 1 is 1.20 bits per heavy atom. The molecule has 0 unspecified atom stereocenters. The number of amides is 2. The summed E-state index contributed by atoms with van der Waals surface area (Å²) in [5.41, 5.74) is 2.70. The summed E-state index contributed by atoms with van der Waals surface area (Å²) in [4.78, 5) is 25.4. The minimum atomic E-state index is -0.411. The van der Waals surface area contributed by atoms with Crippen molar-refractivity contribution in [1.82, 2.24) is 4.90 Å². The monoisotopic (exact) mass is 362 g/mol. The number of benzene rings is 2. The number of aryl methyl sites for hydroxylation is 2. The first-order valence-corrected chi connectivity index (χ1v) is 8.21. The molecule has 0 aromatic heterocycles. The van der Waals surface area contributed by atoms with E-state index >= 15 is 0 Å². The second-order valence-corrected chi connectivity index (χ2v) is 6.36. The van der Waals surface area contributed by atoms with E-state index in [1.807, 2.05) is 19.9 Å². The topological polar surface area (TPSA) is 49.4 Å². The summed E-state index contributed by atoms with van der Waals surface area (Å²) in [5, 5.41) is 3.17. The van der Waals surface area contributed by atoms with Gasteiger partial charge in [-0.25, -0.2) is 4.39 Å². The third kappa shape index (κ3) is 5.03. The first-order valence-electron chi connectivity index (χ1n) is 7.83. The molecule has 0 aliphatic heterocycles. The Hall–Kier alpha value is -2.40. The summed E-state index contributed by atoms with van der Waals surface area (Å²) < 4.78 is 13.8. The minimum absolute atomic E-state index is 0.0238. The number of anilines is 1. The van der Waals surface area contributed by atoms with Gasteiger partial charge in [-0.2, -0.15) is 0 Å². The van der Waals surface area contributed by atoms with Crippen molar-refractivity contribution in [3.8, 4) is 0 Å². The Balaban J connectivity index is 2.11. The van der Waals surface area contributed by atoms with Crippen molar-refractivity contribution >= 4 is 29.1 Å². The van der Waals surface area contributed by atoms with E-state index in [4.69, 9.17) is 11.6 Å². The smallest absolute Gasteiger partial charge is 0.244 e. The maximum atomic E-state index is 13.8. The molecule has 0 heterocycles. The van der Waals surface area contributed by atoms with Crippen molar-refractivity contribution in [1.29, 1.82) is 0 Å². The number of hydrogen-bond acceptors (Lipinski definition) is 2. The van der Waals surface area contributed by atoms with Crippen molar-refractivity contribution in [2.45, 2.75) is 27.3 Å². The van der Waals surface area contributed by atoms with Crippen LogP contribution in [-0.4, -0.2) is 23.3 Å². The van der Waals surface area contributed by atoms with Gasteiger partial charge in [-0.15, -0.1) is 0 Å². The van der Waals surface area contributed by atoms with E-state index in [0.29, 0.717) is 16.3 Å². The second kappa shape index (κ2) is 8.12. The molecule has 6 heteroatoms. The van der Waals surface area contributed by atoms with Crippen LogP contribution in [0.4, 0.5) is 10.1 Å². The summed E-state index contributed by atoms with van der Waals surface area (Å²) in [5.74, 6) is -1.11. The van der Waals surface area contributed by atoms with Gasteiger partial charge in [0.15, 0.2) is 0 Å². The molecule has 0 atom stereocenters. The maximum absolute atomic E-state index is 13.8. The molecule has 0 spiro atoms. The molecule has 0 fully saturated rings. The largest absolute Gasteiger partial charge is 0.329 e. The van der Waals surface area contributed by atoms with Crippen LogP contribution in [0, 0.1) is 19.7 Å². The molecule has 2 rings (SSSR count). The van der Waals surface area contributed by atoms with Crippen molar-refractivity contribution < 1.29 is 14.0 Å². The molecule has 132 valence electrons. The summed E-state index contributed by atoms with van der Waals surface area (Å²) in [6, 6.07) is 9.83. The zero-order valence-corrected chi connectivity index (χ0v) is 15.2. The molecule has 0 bridgehead atoms. The molecule has 0 saturated carbocycles. The average Bonchev–Trinajstić information content (AvgIpc) is 2.52. The van der Waals surface area contributed by atoms with Gasteiger partial charge in [-0.1, -0.05) is 35.9 Å². The van der Waals surface area contributed by atoms with Crippen LogP contribution in [0.25, 0.3) is 0 Å². The molecule has 2 aromatic rings. The van der Waals surface area contributed by atoms with Crippen LogP contribution < -0.4 is 5.32 Å². The molecule has 0 aliphatic carbocycles. The van der Waals surface area contributed by atoms with Crippen LogP contribution in [0.5, 0.6) is 0 Å². The summed E-state index contributed by atoms with van der Waals surface area (Å²) in [6.07, 6.45) is 0. The Morgan fingerprint density at radius 2 is 1.88 bits per heavy atom. The number of halogens is 2. The van der Waals surface area contributed by atoms with Gasteiger partial charge in [0.05, 0.1) is 10.7 Å². The highest BCUT2D eigenvalue weighted by molar-refractivity contribution is 6.34. The van der Waals surface area contributed by atoms with Crippen LogP contribution in [0.2, 0.25) is 5.02 Å². The lowest BCUT2D eigenvalue weighted by Gasteiger charge is -2.21. The van der Waals surface area contributed by atoms with Crippen LogP contribution in [-0.2, 0) is 16.1 Å². The highest BCUT2D eigenvalue weighted by atomic mass is 35.5. The summed E-state index contributed by atoms with van der Waals surface area (Å²) >= 11 is 6.18. The van der Waals surface area contributed by atoms with Crippen LogP contribution in [0.1, 0.15) is 23.6 Å². The van der Waals surface area contributed by atoms with E-state index in [1.165, 1.54) is 17.9 Å². The molecule has 2 amide bonds. The number of nitrogens with zero attached hydrogens (tertiary/aromatic N) is 1. The molecule has 0 aliphatic rings. The standard InChI is InChI=1S/C19H20ClFN2O2/c1-12-8-13(2)19(16(20)9-12)22-18(25)11-23(14(3)24)10-15-6-4-5-7-17(15)21/h4-9H,10-11H2,1-3H3,(H,22,25). The minimum Gasteiger partial charge on any atom is -0.329 e. The fraction of sp³-hybridized carbons (Fsp3) is 0.263. The van der Waals surface area contributed by atoms with Gasteiger partial charge in [0.25, 0.3) is 0 Å². The number of carbonyl (C=O) groups excluding carboxylic acids is 2. The fourth-order valence-electron chi connectivity index (χ4n) is 2.54. The third-order valence-electron chi connectivity index (χ3n) is 3.79. The van der Waals surface area contributed by atoms with Gasteiger partial charge in [0.2, 0.25) is 11.8 Å². The van der Waals surface area contributed by atoms with E-state index in [2.05, 4.69) is 5.32 Å². The summed E-state index contributed by atoms with van der Waals surface area (Å²) in [7, 11) is 0. The highest BCUT2D eigenvalue weighted by Crippen LogP contribution is 2.27. The second-order valence-electron chi connectivity index (χ2n) is 5.95. The van der Waals surface area contributed by atoms with Crippen molar-refractivity contribution in [2.24, 2.45) is 0 Å². The zero-order valence-electron chi connectivity index (χ0n) is 14.4. The lowest BCUT2D eigenvalue weighted by atomic mass is 10.1. The lowest BCUT2D eigenvalue weighted by molar-refractivity contribution is -0.133. The van der Waals surface area contributed by atoms with Gasteiger partial charge in [-0.3, -0.25) is 9.59 Å². The first kappa shape index (κ1) is 18.9. The molecule has 0 saturated heterocycles. The van der Waals surface area contributed by atoms with Gasteiger partial charge in [0.1, 0.15) is 12.4 Å². The van der Waals surface area contributed by atoms with E-state index in [0.717, 1.165) is 11.1 Å². The number of hydrogen-bond donors (Lipinski definition) is 1. The Morgan fingerprint density at radius 3 is 2.48 bits per heavy atom. The van der Waals surface area contributed by atoms with Crippen molar-refractivity contribution in [3.63, 3.8) is 0 Å².